The van der Waals surface area contributed by atoms with Crippen LogP contribution in [0.1, 0.15) is 33.1 Å². The normalized spacial score (nSPS) is 16.8. The Kier molecular flexibility index (Phi) is 7.27. The van der Waals surface area contributed by atoms with E-state index in [1.807, 2.05) is 47.6 Å². The molecule has 12 heteroatoms. The lowest BCUT2D eigenvalue weighted by atomic mass is 10.1. The van der Waals surface area contributed by atoms with Gasteiger partial charge >= 0.3 is 6.18 Å². The minimum Gasteiger partial charge on any atom is -0.491 e. The van der Waals surface area contributed by atoms with Gasteiger partial charge in [0.15, 0.2) is 0 Å². The number of nitrogens with zero attached hydrogens (tertiary/aromatic N) is 5. The lowest BCUT2D eigenvalue weighted by Crippen LogP contribution is -2.49. The predicted octanol–water partition coefficient (Wildman–Crippen LogP) is 4.29. The Morgan fingerprint density at radius 2 is 1.79 bits per heavy atom. The van der Waals surface area contributed by atoms with E-state index in [0.717, 1.165) is 23.1 Å². The number of carbonyl (C=O) groups excluding carboxylic acids is 1. The first-order chi connectivity index (χ1) is 20.3. The number of ether oxygens (including phenoxy) is 1. The molecule has 9 nitrogen and oxygen atoms in total. The van der Waals surface area contributed by atoms with Crippen molar-refractivity contribution in [3.63, 3.8) is 0 Å². The van der Waals surface area contributed by atoms with E-state index in [0.29, 0.717) is 37.5 Å². The highest BCUT2D eigenvalue weighted by Gasteiger charge is 2.42. The van der Waals surface area contributed by atoms with E-state index >= 15 is 0 Å². The topological polar surface area (TPSA) is 94.7 Å². The highest BCUT2D eigenvalue weighted by molar-refractivity contribution is 5.94. The van der Waals surface area contributed by atoms with Crippen molar-refractivity contribution in [2.75, 3.05) is 42.6 Å². The molecule has 0 aliphatic carbocycles. The zero-order valence-corrected chi connectivity index (χ0v) is 22.4. The van der Waals surface area contributed by atoms with Crippen molar-refractivity contribution in [2.24, 2.45) is 0 Å². The number of H-pyrrole nitrogens is 1. The van der Waals surface area contributed by atoms with Crippen LogP contribution >= 0.6 is 0 Å². The van der Waals surface area contributed by atoms with Crippen molar-refractivity contribution >= 4 is 17.4 Å². The molecule has 2 aliphatic heterocycles. The van der Waals surface area contributed by atoms with Crippen LogP contribution in [-0.4, -0.2) is 58.8 Å². The number of fused-ring (bicyclic) bond motifs is 1. The number of anilines is 2. The average molecular weight is 577 g/mol. The quantitative estimate of drug-likeness (QED) is 0.366. The number of benzene rings is 2. The number of halogens is 3. The first kappa shape index (κ1) is 27.3. The lowest BCUT2D eigenvalue weighted by Gasteiger charge is -2.35. The maximum Gasteiger partial charge on any atom is 0.423 e. The summed E-state index contributed by atoms with van der Waals surface area (Å²) < 4.78 is 47.8. The van der Waals surface area contributed by atoms with Gasteiger partial charge in [0.25, 0.3) is 11.5 Å². The van der Waals surface area contributed by atoms with Crippen molar-refractivity contribution in [2.45, 2.75) is 18.8 Å². The number of hydrogen-bond acceptors (Lipinski definition) is 7. The predicted molar refractivity (Wildman–Crippen MR) is 150 cm³/mol. The van der Waals surface area contributed by atoms with Gasteiger partial charge in [0.05, 0.1) is 17.9 Å². The van der Waals surface area contributed by atoms with Gasteiger partial charge in [-0.25, -0.2) is 10.1 Å². The van der Waals surface area contributed by atoms with Crippen molar-refractivity contribution in [1.29, 1.82) is 0 Å². The van der Waals surface area contributed by atoms with Crippen LogP contribution in [0.2, 0.25) is 0 Å². The van der Waals surface area contributed by atoms with Gasteiger partial charge in [-0.15, -0.1) is 0 Å². The molecule has 216 valence electrons. The summed E-state index contributed by atoms with van der Waals surface area (Å²) in [4.78, 5) is 35.3. The molecular weight excluding hydrogens is 549 g/mol. The average Bonchev–Trinajstić information content (AvgIpc) is 3.38. The number of amides is 1. The highest BCUT2D eigenvalue weighted by Crippen LogP contribution is 2.42. The lowest BCUT2D eigenvalue weighted by molar-refractivity contribution is -0.138. The van der Waals surface area contributed by atoms with E-state index in [-0.39, 0.29) is 24.7 Å². The highest BCUT2D eigenvalue weighted by atomic mass is 19.4. The molecule has 4 heterocycles. The number of piperazine rings is 1. The fourth-order valence-corrected chi connectivity index (χ4v) is 5.53. The summed E-state index contributed by atoms with van der Waals surface area (Å²) in [6.07, 6.45) is -2.10. The molecule has 0 saturated carbocycles. The molecule has 1 fully saturated rings. The number of hydrogen-bond donors (Lipinski definition) is 1. The SMILES string of the molecule is O=C(c1cccc(OC[C@@H]2c3ccccc3CN2c2cn[nH]c(=O)c2C(F)(F)F)c1)N1CCN(c2ccccn2)CC1. The van der Waals surface area contributed by atoms with Crippen LogP contribution in [0.15, 0.2) is 83.9 Å². The second-order valence-electron chi connectivity index (χ2n) is 10.1. The first-order valence-electron chi connectivity index (χ1n) is 13.5. The number of aromatic nitrogens is 3. The number of rotatable bonds is 6. The second kappa shape index (κ2) is 11.2. The van der Waals surface area contributed by atoms with Gasteiger partial charge in [-0.1, -0.05) is 36.4 Å². The Bertz CT molecular complexity index is 1640. The molecule has 0 unspecified atom stereocenters. The van der Waals surface area contributed by atoms with Gasteiger partial charge in [0.2, 0.25) is 0 Å². The summed E-state index contributed by atoms with van der Waals surface area (Å²) in [7, 11) is 0. The summed E-state index contributed by atoms with van der Waals surface area (Å²) in [5.41, 5.74) is -0.837. The molecule has 4 aromatic rings. The Hall–Kier alpha value is -4.87. The molecule has 1 saturated heterocycles. The zero-order chi connectivity index (χ0) is 29.3. The van der Waals surface area contributed by atoms with E-state index in [1.54, 1.807) is 35.4 Å². The van der Waals surface area contributed by atoms with E-state index < -0.39 is 23.3 Å². The molecule has 6 rings (SSSR count). The summed E-state index contributed by atoms with van der Waals surface area (Å²) in [5.74, 6) is 1.16. The van der Waals surface area contributed by atoms with Crippen molar-refractivity contribution in [3.8, 4) is 5.75 Å². The van der Waals surface area contributed by atoms with Gasteiger partial charge < -0.3 is 19.4 Å². The van der Waals surface area contributed by atoms with Gasteiger partial charge in [0, 0.05) is 44.5 Å². The molecule has 0 spiro atoms. The van der Waals surface area contributed by atoms with E-state index in [1.165, 1.54) is 4.90 Å². The van der Waals surface area contributed by atoms with Crippen LogP contribution in [0.25, 0.3) is 0 Å². The molecular formula is C30H27F3N6O3. The maximum absolute atomic E-state index is 13.9. The summed E-state index contributed by atoms with van der Waals surface area (Å²) in [6, 6.07) is 19.2. The van der Waals surface area contributed by atoms with Crippen LogP contribution in [0.5, 0.6) is 5.75 Å². The van der Waals surface area contributed by atoms with Crippen LogP contribution in [-0.2, 0) is 12.7 Å². The number of pyridine rings is 1. The molecule has 0 bridgehead atoms. The third-order valence-corrected chi connectivity index (χ3v) is 7.59. The zero-order valence-electron chi connectivity index (χ0n) is 22.4. The van der Waals surface area contributed by atoms with Crippen LogP contribution in [0, 0.1) is 0 Å². The molecule has 2 aromatic heterocycles. The fourth-order valence-electron chi connectivity index (χ4n) is 5.53. The van der Waals surface area contributed by atoms with E-state index in [9.17, 15) is 22.8 Å². The number of aromatic amines is 1. The third kappa shape index (κ3) is 5.39. The Balaban J connectivity index is 1.18. The minimum atomic E-state index is -4.87. The van der Waals surface area contributed by atoms with Crippen LogP contribution in [0.4, 0.5) is 24.7 Å². The van der Waals surface area contributed by atoms with Gasteiger partial charge in [-0.3, -0.25) is 9.59 Å². The van der Waals surface area contributed by atoms with Gasteiger partial charge in [-0.2, -0.15) is 18.3 Å². The van der Waals surface area contributed by atoms with E-state index in [4.69, 9.17) is 4.74 Å². The molecule has 42 heavy (non-hydrogen) atoms. The van der Waals surface area contributed by atoms with Crippen molar-refractivity contribution < 1.29 is 22.7 Å². The maximum atomic E-state index is 13.9. The molecule has 2 aromatic carbocycles. The molecule has 2 aliphatic rings. The number of nitrogens with one attached hydrogen (secondary N) is 1. The van der Waals surface area contributed by atoms with Crippen molar-refractivity contribution in [1.82, 2.24) is 20.1 Å². The van der Waals surface area contributed by atoms with Gasteiger partial charge in [0.1, 0.15) is 23.7 Å². The second-order valence-corrected chi connectivity index (χ2v) is 10.1. The monoisotopic (exact) mass is 576 g/mol. The number of alkyl halides is 3. The molecule has 0 radical (unpaired) electrons. The van der Waals surface area contributed by atoms with Crippen LogP contribution in [0.3, 0.4) is 0 Å². The summed E-state index contributed by atoms with van der Waals surface area (Å²) in [5, 5.41) is 5.54. The number of carbonyl (C=O) groups is 1. The van der Waals surface area contributed by atoms with Crippen molar-refractivity contribution in [3.05, 3.63) is 112 Å². The summed E-state index contributed by atoms with van der Waals surface area (Å²) >= 11 is 0. The fraction of sp³-hybridized carbons (Fsp3) is 0.267. The Labute approximate surface area is 239 Å². The third-order valence-electron chi connectivity index (χ3n) is 7.59. The van der Waals surface area contributed by atoms with Crippen LogP contribution < -0.4 is 20.1 Å². The Morgan fingerprint density at radius 3 is 2.55 bits per heavy atom. The minimum absolute atomic E-state index is 0.0124. The largest absolute Gasteiger partial charge is 0.491 e. The summed E-state index contributed by atoms with van der Waals surface area (Å²) in [6.45, 7) is 2.54. The molecule has 1 atom stereocenters. The smallest absolute Gasteiger partial charge is 0.423 e. The molecule has 1 amide bonds. The standard InChI is InChI=1S/C30H27F3N6O3/c31-30(32,33)27-24(17-35-36-28(27)40)39-18-21-6-1-2-9-23(21)25(39)19-42-22-8-5-7-20(16-22)29(41)38-14-12-37(13-15-38)26-10-3-4-11-34-26/h1-11,16-17,25H,12-15,18-19H2,(H,36,40)/t25-/m1/s1. The van der Waals surface area contributed by atoms with Gasteiger partial charge in [-0.05, 0) is 41.5 Å². The molecule has 1 N–H and O–H groups in total. The van der Waals surface area contributed by atoms with E-state index in [2.05, 4.69) is 15.0 Å². The Morgan fingerprint density at radius 1 is 1.00 bits per heavy atom. The first-order valence-corrected chi connectivity index (χ1v) is 13.5.